The molecule has 2 aromatic rings. The van der Waals surface area contributed by atoms with Gasteiger partial charge in [-0.25, -0.2) is 9.37 Å². The van der Waals surface area contributed by atoms with Crippen LogP contribution >= 0.6 is 0 Å². The second-order valence-corrected chi connectivity index (χ2v) is 3.83. The summed E-state index contributed by atoms with van der Waals surface area (Å²) in [6.07, 6.45) is 7.96. The van der Waals surface area contributed by atoms with Crippen molar-refractivity contribution in [3.8, 4) is 12.3 Å². The lowest BCUT2D eigenvalue weighted by atomic mass is 10.2. The molecule has 0 bridgehead atoms. The Kier molecular flexibility index (Phi) is 3.61. The van der Waals surface area contributed by atoms with Gasteiger partial charge < -0.3 is 10.3 Å². The van der Waals surface area contributed by atoms with Crippen molar-refractivity contribution >= 4 is 17.0 Å². The predicted octanol–water partition coefficient (Wildman–Crippen LogP) is 2.92. The highest BCUT2D eigenvalue weighted by atomic mass is 19.1. The molecule has 1 aromatic heterocycles. The van der Waals surface area contributed by atoms with Crippen LogP contribution in [0.25, 0.3) is 11.0 Å². The average Bonchev–Trinajstić information content (AvgIpc) is 2.70. The number of H-pyrrole nitrogens is 1. The van der Waals surface area contributed by atoms with Crippen molar-refractivity contribution in [3.63, 3.8) is 0 Å². The summed E-state index contributed by atoms with van der Waals surface area (Å²) in [5, 5.41) is 3.15. The monoisotopic (exact) mass is 231 g/mol. The number of benzene rings is 1. The number of unbranched alkanes of at least 4 members (excludes halogenated alkanes) is 2. The Hall–Kier alpha value is -2.02. The minimum Gasteiger partial charge on any atom is -0.356 e. The first kappa shape index (κ1) is 11.5. The van der Waals surface area contributed by atoms with E-state index in [0.29, 0.717) is 11.5 Å². The zero-order valence-corrected chi connectivity index (χ0v) is 9.46. The second kappa shape index (κ2) is 5.35. The number of rotatable bonds is 5. The van der Waals surface area contributed by atoms with E-state index < -0.39 is 0 Å². The van der Waals surface area contributed by atoms with E-state index in [2.05, 4.69) is 21.2 Å². The summed E-state index contributed by atoms with van der Waals surface area (Å²) in [7, 11) is 0. The SMILES string of the molecule is C#CCCCCNc1nc2ccc(F)cc2[nH]1. The van der Waals surface area contributed by atoms with Crippen LogP contribution in [0.2, 0.25) is 0 Å². The summed E-state index contributed by atoms with van der Waals surface area (Å²) in [6.45, 7) is 0.810. The fourth-order valence-electron chi connectivity index (χ4n) is 1.62. The van der Waals surface area contributed by atoms with Crippen LogP contribution in [-0.2, 0) is 0 Å². The maximum absolute atomic E-state index is 13.0. The Morgan fingerprint density at radius 2 is 2.29 bits per heavy atom. The first-order valence-electron chi connectivity index (χ1n) is 5.62. The summed E-state index contributed by atoms with van der Waals surface area (Å²) in [6, 6.07) is 4.50. The number of fused-ring (bicyclic) bond motifs is 1. The summed E-state index contributed by atoms with van der Waals surface area (Å²) < 4.78 is 13.0. The largest absolute Gasteiger partial charge is 0.356 e. The van der Waals surface area contributed by atoms with Gasteiger partial charge in [-0.2, -0.15) is 0 Å². The molecule has 1 aromatic carbocycles. The Morgan fingerprint density at radius 3 is 3.12 bits per heavy atom. The van der Waals surface area contributed by atoms with Crippen LogP contribution in [0.3, 0.4) is 0 Å². The molecule has 0 saturated heterocycles. The van der Waals surface area contributed by atoms with Crippen molar-refractivity contribution in [2.75, 3.05) is 11.9 Å². The van der Waals surface area contributed by atoms with Gasteiger partial charge in [-0.1, -0.05) is 0 Å². The molecule has 4 heteroatoms. The van der Waals surface area contributed by atoms with Crippen LogP contribution in [0.1, 0.15) is 19.3 Å². The van der Waals surface area contributed by atoms with Crippen molar-refractivity contribution in [2.45, 2.75) is 19.3 Å². The molecule has 0 fully saturated rings. The number of aromatic nitrogens is 2. The molecule has 0 aliphatic heterocycles. The summed E-state index contributed by atoms with van der Waals surface area (Å²) in [4.78, 5) is 7.32. The van der Waals surface area contributed by atoms with E-state index in [1.54, 1.807) is 6.07 Å². The van der Waals surface area contributed by atoms with Crippen molar-refractivity contribution in [2.24, 2.45) is 0 Å². The molecule has 0 spiro atoms. The van der Waals surface area contributed by atoms with Gasteiger partial charge in [0.2, 0.25) is 5.95 Å². The molecule has 3 nitrogen and oxygen atoms in total. The van der Waals surface area contributed by atoms with Gasteiger partial charge in [-0.05, 0) is 31.0 Å². The van der Waals surface area contributed by atoms with Crippen molar-refractivity contribution in [1.82, 2.24) is 9.97 Å². The summed E-state index contributed by atoms with van der Waals surface area (Å²) >= 11 is 0. The van der Waals surface area contributed by atoms with Gasteiger partial charge in [-0.3, -0.25) is 0 Å². The molecule has 0 aliphatic rings. The number of hydrogen-bond donors (Lipinski definition) is 2. The third-order valence-corrected chi connectivity index (χ3v) is 2.48. The Balaban J connectivity index is 1.93. The smallest absolute Gasteiger partial charge is 0.201 e. The molecule has 0 atom stereocenters. The fraction of sp³-hybridized carbons (Fsp3) is 0.308. The number of imidazole rings is 1. The van der Waals surface area contributed by atoms with Crippen molar-refractivity contribution in [1.29, 1.82) is 0 Å². The summed E-state index contributed by atoms with van der Waals surface area (Å²) in [5.41, 5.74) is 1.47. The van der Waals surface area contributed by atoms with Crippen LogP contribution in [0.15, 0.2) is 18.2 Å². The maximum Gasteiger partial charge on any atom is 0.201 e. The molecule has 0 saturated carbocycles. The lowest BCUT2D eigenvalue weighted by molar-refractivity contribution is 0.629. The van der Waals surface area contributed by atoms with Crippen LogP contribution in [-0.4, -0.2) is 16.5 Å². The lowest BCUT2D eigenvalue weighted by Crippen LogP contribution is -2.02. The maximum atomic E-state index is 13.0. The number of nitrogens with zero attached hydrogens (tertiary/aromatic N) is 1. The van der Waals surface area contributed by atoms with Gasteiger partial charge in [-0.15, -0.1) is 12.3 Å². The molecule has 0 radical (unpaired) electrons. The summed E-state index contributed by atoms with van der Waals surface area (Å²) in [5.74, 6) is 3.01. The Bertz CT molecular complexity index is 539. The molecule has 2 rings (SSSR count). The van der Waals surface area contributed by atoms with E-state index in [1.807, 2.05) is 0 Å². The Morgan fingerprint density at radius 1 is 1.41 bits per heavy atom. The lowest BCUT2D eigenvalue weighted by Gasteiger charge is -2.00. The Labute approximate surface area is 99.4 Å². The molecule has 0 amide bonds. The minimum absolute atomic E-state index is 0.262. The highest BCUT2D eigenvalue weighted by Gasteiger charge is 2.02. The van der Waals surface area contributed by atoms with E-state index in [4.69, 9.17) is 6.42 Å². The van der Waals surface area contributed by atoms with Crippen LogP contribution < -0.4 is 5.32 Å². The predicted molar refractivity (Wildman–Crippen MR) is 67.2 cm³/mol. The number of halogens is 1. The van der Waals surface area contributed by atoms with Gasteiger partial charge in [0.15, 0.2) is 0 Å². The molecular weight excluding hydrogens is 217 g/mol. The topological polar surface area (TPSA) is 40.7 Å². The third kappa shape index (κ3) is 2.97. The van der Waals surface area contributed by atoms with Crippen LogP contribution in [0.4, 0.5) is 10.3 Å². The molecule has 88 valence electrons. The quantitative estimate of drug-likeness (QED) is 0.613. The molecule has 2 N–H and O–H groups in total. The number of hydrogen-bond acceptors (Lipinski definition) is 2. The van der Waals surface area contributed by atoms with E-state index in [1.165, 1.54) is 12.1 Å². The molecule has 0 unspecified atom stereocenters. The number of aromatic amines is 1. The van der Waals surface area contributed by atoms with Gasteiger partial charge in [0.25, 0.3) is 0 Å². The van der Waals surface area contributed by atoms with Crippen LogP contribution in [0.5, 0.6) is 0 Å². The zero-order chi connectivity index (χ0) is 12.1. The van der Waals surface area contributed by atoms with E-state index >= 15 is 0 Å². The second-order valence-electron chi connectivity index (χ2n) is 3.83. The van der Waals surface area contributed by atoms with Gasteiger partial charge in [0.1, 0.15) is 5.82 Å². The minimum atomic E-state index is -0.262. The van der Waals surface area contributed by atoms with Gasteiger partial charge in [0, 0.05) is 13.0 Å². The highest BCUT2D eigenvalue weighted by molar-refractivity contribution is 5.77. The van der Waals surface area contributed by atoms with Crippen molar-refractivity contribution in [3.05, 3.63) is 24.0 Å². The molecule has 17 heavy (non-hydrogen) atoms. The normalized spacial score (nSPS) is 10.4. The van der Waals surface area contributed by atoms with Crippen molar-refractivity contribution < 1.29 is 4.39 Å². The van der Waals surface area contributed by atoms with E-state index in [9.17, 15) is 4.39 Å². The number of anilines is 1. The fourth-order valence-corrected chi connectivity index (χ4v) is 1.62. The van der Waals surface area contributed by atoms with Gasteiger partial charge >= 0.3 is 0 Å². The number of terminal acetylenes is 1. The molecular formula is C13H14FN3. The highest BCUT2D eigenvalue weighted by Crippen LogP contribution is 2.15. The molecule has 1 heterocycles. The molecule has 0 aliphatic carbocycles. The zero-order valence-electron chi connectivity index (χ0n) is 9.46. The standard InChI is InChI=1S/C13H14FN3/c1-2-3-4-5-8-15-13-16-11-7-6-10(14)9-12(11)17-13/h1,6-7,9H,3-5,8H2,(H2,15,16,17). The first-order chi connectivity index (χ1) is 8.29. The van der Waals surface area contributed by atoms with Crippen LogP contribution in [0, 0.1) is 18.2 Å². The average molecular weight is 231 g/mol. The third-order valence-electron chi connectivity index (χ3n) is 2.48. The van der Waals surface area contributed by atoms with Gasteiger partial charge in [0.05, 0.1) is 11.0 Å². The van der Waals surface area contributed by atoms with E-state index in [0.717, 1.165) is 31.3 Å². The van der Waals surface area contributed by atoms with E-state index in [-0.39, 0.29) is 5.82 Å². The number of nitrogens with one attached hydrogen (secondary N) is 2. The first-order valence-corrected chi connectivity index (χ1v) is 5.62.